The molecule has 31 heavy (non-hydrogen) atoms. The minimum atomic E-state index is -1.89. The Balaban J connectivity index is 0.00000272. The normalized spacial score (nSPS) is 10.9. The Morgan fingerprint density at radius 2 is 1.03 bits per heavy atom. The smallest absolute Gasteiger partial charge is 0.122 e. The Morgan fingerprint density at radius 3 is 1.42 bits per heavy atom. The highest BCUT2D eigenvalue weighted by atomic mass is 79.9. The van der Waals surface area contributed by atoms with Gasteiger partial charge in [0.05, 0.1) is 13.3 Å². The van der Waals surface area contributed by atoms with E-state index in [1.54, 1.807) is 7.11 Å². The van der Waals surface area contributed by atoms with E-state index < -0.39 is 7.26 Å². The molecule has 3 heteroatoms. The van der Waals surface area contributed by atoms with E-state index in [4.69, 9.17) is 4.74 Å². The first-order valence-corrected chi connectivity index (χ1v) is 12.3. The van der Waals surface area contributed by atoms with Gasteiger partial charge in [-0.25, -0.2) is 0 Å². The lowest BCUT2D eigenvalue weighted by molar-refractivity contribution is -0.00000630. The quantitative estimate of drug-likeness (QED) is 0.377. The first-order valence-electron chi connectivity index (χ1n) is 10.3. The summed E-state index contributed by atoms with van der Waals surface area (Å²) in [6, 6.07) is 37.7. The van der Waals surface area contributed by atoms with Crippen molar-refractivity contribution >= 4 is 23.2 Å². The summed E-state index contributed by atoms with van der Waals surface area (Å²) < 4.78 is 5.57. The van der Waals surface area contributed by atoms with Crippen molar-refractivity contribution in [3.63, 3.8) is 0 Å². The van der Waals surface area contributed by atoms with Gasteiger partial charge in [0.2, 0.25) is 0 Å². The van der Waals surface area contributed by atoms with Crippen molar-refractivity contribution in [3.8, 4) is 5.75 Å². The molecule has 0 radical (unpaired) electrons. The number of benzene rings is 4. The third kappa shape index (κ3) is 4.61. The van der Waals surface area contributed by atoms with Gasteiger partial charge in [0.1, 0.15) is 28.9 Å². The van der Waals surface area contributed by atoms with Crippen molar-refractivity contribution in [1.29, 1.82) is 0 Å². The average molecular weight is 491 g/mol. The van der Waals surface area contributed by atoms with E-state index in [0.29, 0.717) is 0 Å². The van der Waals surface area contributed by atoms with E-state index in [0.717, 1.165) is 11.9 Å². The van der Waals surface area contributed by atoms with E-state index in [1.165, 1.54) is 32.6 Å². The lowest BCUT2D eigenvalue weighted by Crippen LogP contribution is -3.00. The maximum absolute atomic E-state index is 5.57. The molecule has 0 saturated carbocycles. The Labute approximate surface area is 197 Å². The van der Waals surface area contributed by atoms with Crippen molar-refractivity contribution in [3.05, 3.63) is 120 Å². The van der Waals surface area contributed by atoms with Crippen LogP contribution in [0.25, 0.3) is 0 Å². The lowest BCUT2D eigenvalue weighted by atomic mass is 10.1. The molecular formula is C28H28BrOP. The molecule has 0 unspecified atom stereocenters. The molecule has 4 rings (SSSR count). The monoisotopic (exact) mass is 490 g/mol. The van der Waals surface area contributed by atoms with Crippen molar-refractivity contribution in [2.45, 2.75) is 20.0 Å². The number of hydrogen-bond acceptors (Lipinski definition) is 1. The Kier molecular flexibility index (Phi) is 7.70. The van der Waals surface area contributed by atoms with Gasteiger partial charge in [0.15, 0.2) is 0 Å². The first kappa shape index (κ1) is 23.3. The van der Waals surface area contributed by atoms with Gasteiger partial charge in [-0.15, -0.1) is 0 Å². The summed E-state index contributed by atoms with van der Waals surface area (Å²) in [4.78, 5) is 0. The van der Waals surface area contributed by atoms with Crippen LogP contribution in [0.4, 0.5) is 0 Å². The molecule has 0 saturated heterocycles. The van der Waals surface area contributed by atoms with E-state index in [2.05, 4.69) is 117 Å². The molecule has 0 amide bonds. The Morgan fingerprint density at radius 1 is 0.613 bits per heavy atom. The van der Waals surface area contributed by atoms with Crippen molar-refractivity contribution in [1.82, 2.24) is 0 Å². The van der Waals surface area contributed by atoms with Gasteiger partial charge < -0.3 is 21.7 Å². The van der Waals surface area contributed by atoms with Crippen LogP contribution in [-0.4, -0.2) is 7.11 Å². The SMILES string of the molecule is COc1cc(C)c(C[P+](c2ccccc2)(c2ccccc2)c2ccccc2)cc1C.[Br-]. The zero-order valence-corrected chi connectivity index (χ0v) is 20.7. The molecule has 4 aromatic carbocycles. The highest BCUT2D eigenvalue weighted by molar-refractivity contribution is 7.95. The predicted octanol–water partition coefficient (Wildman–Crippen LogP) is 2.81. The summed E-state index contributed by atoms with van der Waals surface area (Å²) in [7, 11) is -0.140. The van der Waals surface area contributed by atoms with Gasteiger partial charge in [-0.05, 0) is 79.1 Å². The maximum Gasteiger partial charge on any atom is 0.122 e. The lowest BCUT2D eigenvalue weighted by Gasteiger charge is -2.28. The van der Waals surface area contributed by atoms with Crippen LogP contribution in [0.5, 0.6) is 5.75 Å². The summed E-state index contributed by atoms with van der Waals surface area (Å²) >= 11 is 0. The summed E-state index contributed by atoms with van der Waals surface area (Å²) in [6.07, 6.45) is 0.988. The molecule has 0 heterocycles. The molecule has 0 N–H and O–H groups in total. The third-order valence-corrected chi connectivity index (χ3v) is 10.2. The predicted molar refractivity (Wildman–Crippen MR) is 131 cm³/mol. The van der Waals surface area contributed by atoms with Gasteiger partial charge in [-0.3, -0.25) is 0 Å². The van der Waals surface area contributed by atoms with Crippen molar-refractivity contribution < 1.29 is 21.7 Å². The van der Waals surface area contributed by atoms with Crippen molar-refractivity contribution in [2.24, 2.45) is 0 Å². The molecule has 4 aromatic rings. The molecule has 0 bridgehead atoms. The maximum atomic E-state index is 5.57. The number of methoxy groups -OCH3 is 1. The minimum absolute atomic E-state index is 0. The number of halogens is 1. The van der Waals surface area contributed by atoms with Crippen LogP contribution >= 0.6 is 7.26 Å². The molecule has 0 aromatic heterocycles. The van der Waals surface area contributed by atoms with Crippen LogP contribution in [0.1, 0.15) is 16.7 Å². The fraction of sp³-hybridized carbons (Fsp3) is 0.143. The first-order chi connectivity index (χ1) is 14.6. The zero-order chi connectivity index (χ0) is 21.0. The van der Waals surface area contributed by atoms with Crippen molar-refractivity contribution in [2.75, 3.05) is 7.11 Å². The molecule has 0 aliphatic rings. The summed E-state index contributed by atoms with van der Waals surface area (Å²) in [5.74, 6) is 0.958. The van der Waals surface area contributed by atoms with E-state index in [9.17, 15) is 0 Å². The zero-order valence-electron chi connectivity index (χ0n) is 18.3. The average Bonchev–Trinajstić information content (AvgIpc) is 2.81. The van der Waals surface area contributed by atoms with E-state index in [-0.39, 0.29) is 17.0 Å². The molecule has 0 aliphatic heterocycles. The molecule has 0 aliphatic carbocycles. The number of rotatable bonds is 6. The fourth-order valence-electron chi connectivity index (χ4n) is 4.26. The second kappa shape index (κ2) is 10.3. The number of hydrogen-bond donors (Lipinski definition) is 0. The van der Waals surface area contributed by atoms with Crippen LogP contribution in [-0.2, 0) is 6.16 Å². The minimum Gasteiger partial charge on any atom is -1.00 e. The molecule has 1 nitrogen and oxygen atoms in total. The molecule has 0 fully saturated rings. The van der Waals surface area contributed by atoms with Gasteiger partial charge in [-0.1, -0.05) is 54.6 Å². The van der Waals surface area contributed by atoms with Gasteiger partial charge >= 0.3 is 0 Å². The molecule has 158 valence electrons. The summed E-state index contributed by atoms with van der Waals surface area (Å²) in [5, 5.41) is 4.24. The topological polar surface area (TPSA) is 9.23 Å². The van der Waals surface area contributed by atoms with Crippen LogP contribution in [0, 0.1) is 13.8 Å². The number of aryl methyl sites for hydroxylation is 2. The highest BCUT2D eigenvalue weighted by Gasteiger charge is 2.45. The van der Waals surface area contributed by atoms with Gasteiger partial charge in [-0.2, -0.15) is 0 Å². The fourth-order valence-corrected chi connectivity index (χ4v) is 8.60. The summed E-state index contributed by atoms with van der Waals surface area (Å²) in [6.45, 7) is 4.34. The molecular weight excluding hydrogens is 463 g/mol. The van der Waals surface area contributed by atoms with Crippen LogP contribution in [0.2, 0.25) is 0 Å². The standard InChI is InChI=1S/C28H28OP.BrH/c1-22-20-28(29-3)23(2)19-24(22)21-30(25-13-7-4-8-14-25,26-15-9-5-10-16-26)27-17-11-6-12-18-27;/h4-20H,21H2,1-3H3;1H/q+1;/p-1. The van der Waals surface area contributed by atoms with E-state index in [1.807, 2.05) is 0 Å². The van der Waals surface area contributed by atoms with Crippen LogP contribution < -0.4 is 37.6 Å². The van der Waals surface area contributed by atoms with Crippen LogP contribution in [0.3, 0.4) is 0 Å². The second-order valence-electron chi connectivity index (χ2n) is 7.72. The summed E-state index contributed by atoms with van der Waals surface area (Å²) in [5.41, 5.74) is 3.85. The largest absolute Gasteiger partial charge is 1.00 e. The molecule has 0 atom stereocenters. The van der Waals surface area contributed by atoms with E-state index >= 15 is 0 Å². The molecule has 0 spiro atoms. The Bertz CT molecular complexity index is 1020. The highest BCUT2D eigenvalue weighted by Crippen LogP contribution is 2.58. The van der Waals surface area contributed by atoms with Crippen LogP contribution in [0.15, 0.2) is 103 Å². The third-order valence-electron chi connectivity index (χ3n) is 5.85. The Hall–Kier alpha value is -2.41. The van der Waals surface area contributed by atoms with Gasteiger partial charge in [0.25, 0.3) is 0 Å². The second-order valence-corrected chi connectivity index (χ2v) is 11.2. The van der Waals surface area contributed by atoms with Gasteiger partial charge in [0, 0.05) is 0 Å². The number of ether oxygens (including phenoxy) is 1.